The summed E-state index contributed by atoms with van der Waals surface area (Å²) in [5, 5.41) is 3.67. The van der Waals surface area contributed by atoms with Crippen molar-refractivity contribution in [2.45, 2.75) is 23.7 Å². The predicted octanol–water partition coefficient (Wildman–Crippen LogP) is 3.60. The number of carbonyl (C=O) groups excluding carboxylic acids is 1. The molecule has 0 bridgehead atoms. The van der Waals surface area contributed by atoms with Crippen LogP contribution >= 0.6 is 27.5 Å². The second-order valence-corrected chi connectivity index (χ2v) is 8.40. The molecule has 1 saturated carbocycles. The Labute approximate surface area is 140 Å². The molecule has 0 N–H and O–H groups in total. The first kappa shape index (κ1) is 15.7. The highest BCUT2D eigenvalue weighted by molar-refractivity contribution is 9.10. The van der Waals surface area contributed by atoms with Crippen molar-refractivity contribution in [2.75, 3.05) is 6.26 Å². The van der Waals surface area contributed by atoms with Crippen LogP contribution in [0.5, 0.6) is 0 Å². The zero-order chi connectivity index (χ0) is 16.1. The van der Waals surface area contributed by atoms with E-state index in [1.165, 1.54) is 12.3 Å². The Balaban J connectivity index is 2.18. The molecule has 22 heavy (non-hydrogen) atoms. The third-order valence-electron chi connectivity index (χ3n) is 3.46. The minimum atomic E-state index is -3.67. The number of halogens is 2. The van der Waals surface area contributed by atoms with Gasteiger partial charge >= 0.3 is 0 Å². The topological polar surface area (TPSA) is 77.2 Å². The first-order valence-electron chi connectivity index (χ1n) is 6.48. The monoisotopic (exact) mass is 403 g/mol. The van der Waals surface area contributed by atoms with E-state index in [9.17, 15) is 13.2 Å². The van der Waals surface area contributed by atoms with Gasteiger partial charge in [0.25, 0.3) is 0 Å². The molecule has 0 spiro atoms. The van der Waals surface area contributed by atoms with Crippen LogP contribution in [0.25, 0.3) is 0 Å². The number of nitrogens with zero attached hydrogens (tertiary/aromatic N) is 1. The van der Waals surface area contributed by atoms with Crippen LogP contribution in [0.4, 0.5) is 0 Å². The van der Waals surface area contributed by atoms with E-state index in [-0.39, 0.29) is 21.4 Å². The van der Waals surface area contributed by atoms with Crippen LogP contribution in [0.2, 0.25) is 5.02 Å². The van der Waals surface area contributed by atoms with Crippen LogP contribution in [0, 0.1) is 0 Å². The summed E-state index contributed by atoms with van der Waals surface area (Å²) in [6, 6.07) is 2.99. The number of sulfone groups is 1. The molecule has 1 heterocycles. The van der Waals surface area contributed by atoms with Crippen LogP contribution < -0.4 is 0 Å². The Morgan fingerprint density at radius 2 is 2.05 bits per heavy atom. The summed E-state index contributed by atoms with van der Waals surface area (Å²) in [6.45, 7) is 0. The van der Waals surface area contributed by atoms with E-state index in [2.05, 4.69) is 21.1 Å². The van der Waals surface area contributed by atoms with Gasteiger partial charge in [0.15, 0.2) is 21.4 Å². The molecule has 2 aromatic rings. The van der Waals surface area contributed by atoms with Gasteiger partial charge in [-0.05, 0) is 40.9 Å². The van der Waals surface area contributed by atoms with Gasteiger partial charge < -0.3 is 4.52 Å². The molecule has 0 atom stereocenters. The zero-order valence-electron chi connectivity index (χ0n) is 11.5. The Morgan fingerprint density at radius 1 is 1.36 bits per heavy atom. The Morgan fingerprint density at radius 3 is 2.64 bits per heavy atom. The van der Waals surface area contributed by atoms with Crippen LogP contribution in [0.15, 0.2) is 32.2 Å². The van der Waals surface area contributed by atoms with E-state index in [0.29, 0.717) is 15.8 Å². The van der Waals surface area contributed by atoms with Crippen molar-refractivity contribution in [3.63, 3.8) is 0 Å². The average molecular weight is 405 g/mol. The highest BCUT2D eigenvalue weighted by Crippen LogP contribution is 2.42. The van der Waals surface area contributed by atoms with Crippen LogP contribution in [-0.2, 0) is 9.84 Å². The van der Waals surface area contributed by atoms with Gasteiger partial charge in [-0.15, -0.1) is 0 Å². The van der Waals surface area contributed by atoms with Gasteiger partial charge in [0.1, 0.15) is 0 Å². The SMILES string of the molecule is CS(=O)(=O)c1c(C(=O)c2cnoc2C2CC2)ccc(Br)c1Cl. The lowest BCUT2D eigenvalue weighted by atomic mass is 10.0. The van der Waals surface area contributed by atoms with E-state index in [0.717, 1.165) is 19.1 Å². The molecule has 5 nitrogen and oxygen atoms in total. The first-order chi connectivity index (χ1) is 10.3. The molecule has 1 fully saturated rings. The third-order valence-corrected chi connectivity index (χ3v) is 6.02. The molecule has 3 rings (SSSR count). The molecule has 0 unspecified atom stereocenters. The highest BCUT2D eigenvalue weighted by Gasteiger charge is 2.34. The normalized spacial score (nSPS) is 15.0. The van der Waals surface area contributed by atoms with E-state index in [1.54, 1.807) is 6.07 Å². The van der Waals surface area contributed by atoms with E-state index in [1.807, 2.05) is 0 Å². The van der Waals surface area contributed by atoms with Crippen LogP contribution in [0.1, 0.15) is 40.4 Å². The fourth-order valence-corrected chi connectivity index (χ4v) is 4.32. The molecular weight excluding hydrogens is 394 g/mol. The summed E-state index contributed by atoms with van der Waals surface area (Å²) >= 11 is 9.27. The lowest BCUT2D eigenvalue weighted by Crippen LogP contribution is -2.11. The van der Waals surface area contributed by atoms with E-state index >= 15 is 0 Å². The first-order valence-corrected chi connectivity index (χ1v) is 9.54. The Hall–Kier alpha value is -1.18. The number of ketones is 1. The van der Waals surface area contributed by atoms with Crippen molar-refractivity contribution in [3.05, 3.63) is 44.7 Å². The molecule has 116 valence electrons. The number of hydrogen-bond acceptors (Lipinski definition) is 5. The molecule has 1 aromatic carbocycles. The molecule has 1 aliphatic rings. The van der Waals surface area contributed by atoms with Crippen molar-refractivity contribution >= 4 is 43.2 Å². The van der Waals surface area contributed by atoms with Gasteiger partial charge in [-0.2, -0.15) is 0 Å². The Bertz CT molecular complexity index is 871. The molecule has 0 aliphatic heterocycles. The smallest absolute Gasteiger partial charge is 0.199 e. The molecular formula is C14H11BrClNO4S. The van der Waals surface area contributed by atoms with Gasteiger partial charge in [-0.25, -0.2) is 8.42 Å². The molecule has 8 heteroatoms. The summed E-state index contributed by atoms with van der Waals surface area (Å²) < 4.78 is 29.6. The standard InChI is InChI=1S/C14H11BrClNO4S/c1-22(19,20)14-8(4-5-10(15)11(14)16)12(18)9-6-17-21-13(9)7-2-3-7/h4-7H,2-3H2,1H3. The molecule has 0 saturated heterocycles. The number of hydrogen-bond donors (Lipinski definition) is 0. The van der Waals surface area contributed by atoms with Gasteiger partial charge in [0.05, 0.1) is 21.7 Å². The summed E-state index contributed by atoms with van der Waals surface area (Å²) in [5.41, 5.74) is 0.326. The number of carbonyl (C=O) groups is 1. The van der Waals surface area contributed by atoms with E-state index in [4.69, 9.17) is 16.1 Å². The lowest BCUT2D eigenvalue weighted by molar-refractivity contribution is 0.103. The number of benzene rings is 1. The lowest BCUT2D eigenvalue weighted by Gasteiger charge is -2.10. The number of aromatic nitrogens is 1. The van der Waals surface area contributed by atoms with Crippen molar-refractivity contribution in [1.29, 1.82) is 0 Å². The van der Waals surface area contributed by atoms with Crippen molar-refractivity contribution in [2.24, 2.45) is 0 Å². The maximum Gasteiger partial charge on any atom is 0.199 e. The van der Waals surface area contributed by atoms with Crippen LogP contribution in [-0.4, -0.2) is 25.6 Å². The minimum Gasteiger partial charge on any atom is -0.360 e. The van der Waals surface area contributed by atoms with Gasteiger partial charge in [-0.3, -0.25) is 4.79 Å². The number of rotatable bonds is 4. The predicted molar refractivity (Wildman–Crippen MR) is 84.2 cm³/mol. The van der Waals surface area contributed by atoms with Crippen molar-refractivity contribution in [3.8, 4) is 0 Å². The second kappa shape index (κ2) is 5.47. The quantitative estimate of drug-likeness (QED) is 0.728. The fourth-order valence-electron chi connectivity index (χ4n) is 2.28. The summed E-state index contributed by atoms with van der Waals surface area (Å²) in [6.07, 6.45) is 4.23. The fraction of sp³-hybridized carbons (Fsp3) is 0.286. The zero-order valence-corrected chi connectivity index (χ0v) is 14.6. The summed E-state index contributed by atoms with van der Waals surface area (Å²) in [4.78, 5) is 12.6. The maximum atomic E-state index is 12.8. The maximum absolute atomic E-state index is 12.8. The molecule has 1 aromatic heterocycles. The van der Waals surface area contributed by atoms with Crippen molar-refractivity contribution in [1.82, 2.24) is 5.16 Å². The summed E-state index contributed by atoms with van der Waals surface area (Å²) in [5.74, 6) is 0.260. The third kappa shape index (κ3) is 2.73. The molecule has 1 aliphatic carbocycles. The Kier molecular flexibility index (Phi) is 3.91. The van der Waals surface area contributed by atoms with Crippen LogP contribution in [0.3, 0.4) is 0 Å². The molecule has 0 amide bonds. The minimum absolute atomic E-state index is 0.00206. The average Bonchev–Trinajstić information content (AvgIpc) is 3.17. The van der Waals surface area contributed by atoms with Gasteiger partial charge in [0, 0.05) is 22.2 Å². The van der Waals surface area contributed by atoms with Crippen molar-refractivity contribution < 1.29 is 17.7 Å². The summed E-state index contributed by atoms with van der Waals surface area (Å²) in [7, 11) is -3.67. The largest absolute Gasteiger partial charge is 0.360 e. The van der Waals surface area contributed by atoms with E-state index < -0.39 is 15.6 Å². The van der Waals surface area contributed by atoms with Gasteiger partial charge in [-0.1, -0.05) is 16.8 Å². The van der Waals surface area contributed by atoms with Gasteiger partial charge in [0.2, 0.25) is 0 Å². The molecule has 0 radical (unpaired) electrons. The second-order valence-electron chi connectivity index (χ2n) is 5.22. The highest BCUT2D eigenvalue weighted by atomic mass is 79.9.